The monoisotopic (exact) mass is 248 g/mol. The van der Waals surface area contributed by atoms with Gasteiger partial charge in [0.25, 0.3) is 0 Å². The fraction of sp³-hybridized carbons (Fsp3) is 0.615. The van der Waals surface area contributed by atoms with Crippen molar-refractivity contribution in [2.45, 2.75) is 19.8 Å². The third kappa shape index (κ3) is 2.78. The van der Waals surface area contributed by atoms with Crippen LogP contribution in [-0.4, -0.2) is 42.9 Å². The number of piperidine rings is 1. The van der Waals surface area contributed by atoms with Gasteiger partial charge in [0, 0.05) is 39.3 Å². The second-order valence-electron chi connectivity index (χ2n) is 5.01. The number of hydrogen-bond acceptors (Lipinski definition) is 5. The average Bonchev–Trinajstić information content (AvgIpc) is 2.39. The SMILES string of the molecule is CC(=O)C1CCCN(c2ccnc(N(C)C)n2)C1. The minimum Gasteiger partial charge on any atom is -0.356 e. The van der Waals surface area contributed by atoms with Crippen LogP contribution in [0.15, 0.2) is 12.3 Å². The number of Topliss-reactive ketones (excluding diaryl/α,β-unsaturated/α-hetero) is 1. The molecule has 0 saturated carbocycles. The summed E-state index contributed by atoms with van der Waals surface area (Å²) in [6.07, 6.45) is 3.82. The van der Waals surface area contributed by atoms with Crippen LogP contribution in [0, 0.1) is 5.92 Å². The van der Waals surface area contributed by atoms with Gasteiger partial charge in [0.1, 0.15) is 11.6 Å². The third-order valence-electron chi connectivity index (χ3n) is 3.35. The van der Waals surface area contributed by atoms with Crippen LogP contribution in [0.4, 0.5) is 11.8 Å². The lowest BCUT2D eigenvalue weighted by Gasteiger charge is -2.32. The van der Waals surface area contributed by atoms with E-state index in [1.54, 1.807) is 13.1 Å². The Labute approximate surface area is 108 Å². The molecule has 5 nitrogen and oxygen atoms in total. The minimum atomic E-state index is 0.150. The lowest BCUT2D eigenvalue weighted by atomic mass is 9.95. The number of ketones is 1. The van der Waals surface area contributed by atoms with E-state index >= 15 is 0 Å². The zero-order valence-electron chi connectivity index (χ0n) is 11.3. The predicted molar refractivity (Wildman–Crippen MR) is 72.0 cm³/mol. The van der Waals surface area contributed by atoms with Gasteiger partial charge < -0.3 is 9.80 Å². The Hall–Kier alpha value is -1.65. The minimum absolute atomic E-state index is 0.150. The molecule has 1 aliphatic rings. The molecule has 5 heteroatoms. The number of carbonyl (C=O) groups is 1. The summed E-state index contributed by atoms with van der Waals surface area (Å²) in [5, 5.41) is 0. The Morgan fingerprint density at radius 2 is 2.28 bits per heavy atom. The van der Waals surface area contributed by atoms with E-state index in [0.29, 0.717) is 5.95 Å². The highest BCUT2D eigenvalue weighted by Gasteiger charge is 2.24. The molecule has 1 aromatic rings. The van der Waals surface area contributed by atoms with E-state index < -0.39 is 0 Å². The first-order valence-electron chi connectivity index (χ1n) is 6.33. The zero-order valence-corrected chi connectivity index (χ0v) is 11.3. The molecule has 0 bridgehead atoms. The Morgan fingerprint density at radius 1 is 1.50 bits per heavy atom. The Kier molecular flexibility index (Phi) is 3.79. The largest absolute Gasteiger partial charge is 0.356 e. The van der Waals surface area contributed by atoms with Crippen molar-refractivity contribution in [2.75, 3.05) is 37.0 Å². The van der Waals surface area contributed by atoms with E-state index in [1.807, 2.05) is 25.1 Å². The third-order valence-corrected chi connectivity index (χ3v) is 3.35. The van der Waals surface area contributed by atoms with Crippen LogP contribution >= 0.6 is 0 Å². The zero-order chi connectivity index (χ0) is 13.1. The molecule has 98 valence electrons. The van der Waals surface area contributed by atoms with Crippen LogP contribution in [0.2, 0.25) is 0 Å². The topological polar surface area (TPSA) is 49.3 Å². The van der Waals surface area contributed by atoms with Crippen LogP contribution in [0.25, 0.3) is 0 Å². The van der Waals surface area contributed by atoms with Crippen molar-refractivity contribution in [3.05, 3.63) is 12.3 Å². The second-order valence-corrected chi connectivity index (χ2v) is 5.01. The normalized spacial score (nSPS) is 19.7. The standard InChI is InChI=1S/C13H20N4O/c1-10(18)11-5-4-8-17(9-11)12-6-7-14-13(15-12)16(2)3/h6-7,11H,4-5,8-9H2,1-3H3. The molecule has 2 rings (SSSR count). The van der Waals surface area contributed by atoms with Gasteiger partial charge in [-0.05, 0) is 25.8 Å². The van der Waals surface area contributed by atoms with Gasteiger partial charge in [0.05, 0.1) is 0 Å². The van der Waals surface area contributed by atoms with E-state index in [9.17, 15) is 4.79 Å². The molecule has 1 unspecified atom stereocenters. The number of nitrogens with zero attached hydrogens (tertiary/aromatic N) is 4. The van der Waals surface area contributed by atoms with Crippen LogP contribution in [0.5, 0.6) is 0 Å². The van der Waals surface area contributed by atoms with Gasteiger partial charge in [-0.1, -0.05) is 0 Å². The summed E-state index contributed by atoms with van der Waals surface area (Å²) in [6.45, 7) is 3.42. The summed E-state index contributed by atoms with van der Waals surface area (Å²) in [5.74, 6) is 2.05. The van der Waals surface area contributed by atoms with Gasteiger partial charge in [-0.3, -0.25) is 4.79 Å². The highest BCUT2D eigenvalue weighted by atomic mass is 16.1. The van der Waals surface area contributed by atoms with Crippen LogP contribution in [0.1, 0.15) is 19.8 Å². The predicted octanol–water partition coefficient (Wildman–Crippen LogP) is 1.35. The summed E-state index contributed by atoms with van der Waals surface area (Å²) >= 11 is 0. The maximum atomic E-state index is 11.5. The number of hydrogen-bond donors (Lipinski definition) is 0. The molecule has 1 fully saturated rings. The summed E-state index contributed by atoms with van der Waals surface area (Å²) in [6, 6.07) is 1.91. The lowest BCUT2D eigenvalue weighted by molar-refractivity contribution is -0.120. The molecular formula is C13H20N4O. The van der Waals surface area contributed by atoms with Crippen molar-refractivity contribution >= 4 is 17.5 Å². The van der Waals surface area contributed by atoms with Crippen LogP contribution in [0.3, 0.4) is 0 Å². The number of carbonyl (C=O) groups excluding carboxylic acids is 1. The highest BCUT2D eigenvalue weighted by molar-refractivity contribution is 5.79. The molecule has 0 aromatic carbocycles. The van der Waals surface area contributed by atoms with Crippen molar-refractivity contribution in [2.24, 2.45) is 5.92 Å². The Bertz CT molecular complexity index is 433. The molecule has 18 heavy (non-hydrogen) atoms. The maximum Gasteiger partial charge on any atom is 0.226 e. The van der Waals surface area contributed by atoms with Crippen molar-refractivity contribution < 1.29 is 4.79 Å². The fourth-order valence-electron chi connectivity index (χ4n) is 2.25. The van der Waals surface area contributed by atoms with Crippen LogP contribution < -0.4 is 9.80 Å². The second kappa shape index (κ2) is 5.33. The van der Waals surface area contributed by atoms with E-state index in [1.165, 1.54) is 0 Å². The molecule has 1 saturated heterocycles. The van der Waals surface area contributed by atoms with Gasteiger partial charge in [0.2, 0.25) is 5.95 Å². The molecule has 2 heterocycles. The smallest absolute Gasteiger partial charge is 0.226 e. The van der Waals surface area contributed by atoms with Crippen molar-refractivity contribution in [3.8, 4) is 0 Å². The van der Waals surface area contributed by atoms with Crippen molar-refractivity contribution in [1.82, 2.24) is 9.97 Å². The summed E-state index contributed by atoms with van der Waals surface area (Å²) in [7, 11) is 3.85. The quantitative estimate of drug-likeness (QED) is 0.808. The molecular weight excluding hydrogens is 228 g/mol. The molecule has 0 amide bonds. The molecule has 1 aromatic heterocycles. The summed E-state index contributed by atoms with van der Waals surface area (Å²) in [5.41, 5.74) is 0. The van der Waals surface area contributed by atoms with Gasteiger partial charge in [-0.25, -0.2) is 4.98 Å². The van der Waals surface area contributed by atoms with Gasteiger partial charge in [0.15, 0.2) is 0 Å². The number of anilines is 2. The molecule has 1 atom stereocenters. The van der Waals surface area contributed by atoms with Gasteiger partial charge in [-0.15, -0.1) is 0 Å². The number of rotatable bonds is 3. The first kappa shape index (κ1) is 12.8. The van der Waals surface area contributed by atoms with Crippen molar-refractivity contribution in [3.63, 3.8) is 0 Å². The van der Waals surface area contributed by atoms with Crippen molar-refractivity contribution in [1.29, 1.82) is 0 Å². The Morgan fingerprint density at radius 3 is 2.94 bits per heavy atom. The molecule has 0 spiro atoms. The van der Waals surface area contributed by atoms with Crippen LogP contribution in [-0.2, 0) is 4.79 Å². The van der Waals surface area contributed by atoms with Gasteiger partial charge >= 0.3 is 0 Å². The maximum absolute atomic E-state index is 11.5. The van der Waals surface area contributed by atoms with E-state index in [-0.39, 0.29) is 11.7 Å². The molecule has 1 aliphatic heterocycles. The lowest BCUT2D eigenvalue weighted by Crippen LogP contribution is -2.38. The molecule has 0 radical (unpaired) electrons. The highest BCUT2D eigenvalue weighted by Crippen LogP contribution is 2.22. The average molecular weight is 248 g/mol. The summed E-state index contributed by atoms with van der Waals surface area (Å²) < 4.78 is 0. The Balaban J connectivity index is 2.15. The first-order chi connectivity index (χ1) is 8.58. The summed E-state index contributed by atoms with van der Waals surface area (Å²) in [4.78, 5) is 24.3. The fourth-order valence-corrected chi connectivity index (χ4v) is 2.25. The number of aromatic nitrogens is 2. The molecule has 0 N–H and O–H groups in total. The first-order valence-corrected chi connectivity index (χ1v) is 6.33. The van der Waals surface area contributed by atoms with E-state index in [0.717, 1.165) is 31.7 Å². The van der Waals surface area contributed by atoms with E-state index in [2.05, 4.69) is 14.9 Å². The van der Waals surface area contributed by atoms with Gasteiger partial charge in [-0.2, -0.15) is 4.98 Å². The van der Waals surface area contributed by atoms with E-state index in [4.69, 9.17) is 0 Å². The molecule has 0 aliphatic carbocycles.